The van der Waals surface area contributed by atoms with E-state index in [1.54, 1.807) is 31.2 Å². The summed E-state index contributed by atoms with van der Waals surface area (Å²) in [6.07, 6.45) is 0. The second-order valence-corrected chi connectivity index (χ2v) is 7.13. The van der Waals surface area contributed by atoms with Gasteiger partial charge in [-0.05, 0) is 43.0 Å². The number of amides is 2. The molecule has 0 fully saturated rings. The lowest BCUT2D eigenvalue weighted by Crippen LogP contribution is -2.45. The number of benzene rings is 2. The molecule has 2 aromatic carbocycles. The van der Waals surface area contributed by atoms with Gasteiger partial charge in [-0.3, -0.25) is 9.59 Å². The smallest absolute Gasteiger partial charge is 0.253 e. The molecule has 0 bridgehead atoms. The Hall–Kier alpha value is -2.33. The molecule has 0 saturated carbocycles. The Bertz CT molecular complexity index is 772. The van der Waals surface area contributed by atoms with Crippen molar-refractivity contribution in [3.8, 4) is 0 Å². The van der Waals surface area contributed by atoms with Gasteiger partial charge in [-0.15, -0.1) is 0 Å². The first-order valence-corrected chi connectivity index (χ1v) is 9.13. The van der Waals surface area contributed by atoms with Crippen molar-refractivity contribution >= 4 is 23.4 Å². The molecular formula is C21H25ClN2O2. The Morgan fingerprint density at radius 2 is 1.42 bits per heavy atom. The van der Waals surface area contributed by atoms with Gasteiger partial charge < -0.3 is 10.6 Å². The Morgan fingerprint density at radius 3 is 2.00 bits per heavy atom. The zero-order chi connectivity index (χ0) is 19.3. The van der Waals surface area contributed by atoms with Crippen LogP contribution in [0.5, 0.6) is 0 Å². The predicted molar refractivity (Wildman–Crippen MR) is 105 cm³/mol. The van der Waals surface area contributed by atoms with Gasteiger partial charge in [-0.2, -0.15) is 0 Å². The van der Waals surface area contributed by atoms with Crippen LogP contribution in [0.3, 0.4) is 0 Å². The maximum absolute atomic E-state index is 12.4. The van der Waals surface area contributed by atoms with Gasteiger partial charge in [0.05, 0.1) is 16.6 Å². The quantitative estimate of drug-likeness (QED) is 0.786. The number of nitrogens with one attached hydrogen (secondary N) is 2. The Kier molecular flexibility index (Phi) is 6.81. The van der Waals surface area contributed by atoms with Gasteiger partial charge >= 0.3 is 0 Å². The highest BCUT2D eigenvalue weighted by molar-refractivity contribution is 6.33. The van der Waals surface area contributed by atoms with E-state index in [0.29, 0.717) is 16.5 Å². The average Bonchev–Trinajstić information content (AvgIpc) is 2.61. The Balaban J connectivity index is 1.95. The third-order valence-corrected chi connectivity index (χ3v) is 4.65. The molecule has 0 aromatic heterocycles. The molecule has 2 amide bonds. The van der Waals surface area contributed by atoms with Crippen LogP contribution in [0, 0.1) is 0 Å². The maximum atomic E-state index is 12.4. The molecule has 0 spiro atoms. The molecule has 4 nitrogen and oxygen atoms in total. The molecule has 2 N–H and O–H groups in total. The fourth-order valence-electron chi connectivity index (χ4n) is 2.58. The van der Waals surface area contributed by atoms with E-state index in [9.17, 15) is 9.59 Å². The molecule has 0 aliphatic carbocycles. The van der Waals surface area contributed by atoms with Crippen molar-refractivity contribution in [2.75, 3.05) is 0 Å². The van der Waals surface area contributed by atoms with Crippen molar-refractivity contribution in [1.82, 2.24) is 10.6 Å². The van der Waals surface area contributed by atoms with E-state index in [4.69, 9.17) is 11.6 Å². The van der Waals surface area contributed by atoms with Crippen molar-refractivity contribution < 1.29 is 9.59 Å². The largest absolute Gasteiger partial charge is 0.348 e. The lowest BCUT2D eigenvalue weighted by molar-refractivity contribution is -0.123. The van der Waals surface area contributed by atoms with Gasteiger partial charge in [0.25, 0.3) is 5.91 Å². The van der Waals surface area contributed by atoms with Gasteiger partial charge in [0.1, 0.15) is 6.04 Å². The molecule has 5 heteroatoms. The summed E-state index contributed by atoms with van der Waals surface area (Å²) < 4.78 is 0. The van der Waals surface area contributed by atoms with Gasteiger partial charge in [-0.1, -0.05) is 61.8 Å². The van der Waals surface area contributed by atoms with E-state index >= 15 is 0 Å². The van der Waals surface area contributed by atoms with Crippen LogP contribution in [-0.4, -0.2) is 17.9 Å². The van der Waals surface area contributed by atoms with Crippen molar-refractivity contribution in [3.05, 3.63) is 70.2 Å². The van der Waals surface area contributed by atoms with E-state index in [-0.39, 0.29) is 17.9 Å². The fraction of sp³-hybridized carbons (Fsp3) is 0.333. The van der Waals surface area contributed by atoms with Crippen molar-refractivity contribution in [2.45, 2.75) is 45.7 Å². The standard InChI is InChI=1S/C21H25ClN2O2/c1-13(2)16-9-11-17(12-10-16)14(3)23-20(25)15(4)24-21(26)18-7-5-6-8-19(18)22/h5-15H,1-4H3,(H,23,25)(H,24,26)/t14-,15+/m0/s1. The molecule has 2 atom stereocenters. The van der Waals surface area contributed by atoms with E-state index in [2.05, 4.69) is 36.6 Å². The molecule has 0 aliphatic rings. The minimum atomic E-state index is -0.670. The molecule has 0 aliphatic heterocycles. The number of hydrogen-bond donors (Lipinski definition) is 2. The summed E-state index contributed by atoms with van der Waals surface area (Å²) in [6, 6.07) is 14.1. The first kappa shape index (κ1) is 20.0. The van der Waals surface area contributed by atoms with Crippen molar-refractivity contribution in [2.24, 2.45) is 0 Å². The van der Waals surface area contributed by atoms with Crippen molar-refractivity contribution in [3.63, 3.8) is 0 Å². The Labute approximate surface area is 159 Å². The van der Waals surface area contributed by atoms with Crippen LogP contribution < -0.4 is 10.6 Å². The van der Waals surface area contributed by atoms with Gasteiger partial charge in [0.2, 0.25) is 5.91 Å². The molecule has 0 heterocycles. The van der Waals surface area contributed by atoms with E-state index in [1.807, 2.05) is 19.1 Å². The monoisotopic (exact) mass is 372 g/mol. The normalized spacial score (nSPS) is 13.2. The summed E-state index contributed by atoms with van der Waals surface area (Å²) in [6.45, 7) is 7.86. The van der Waals surface area contributed by atoms with Crippen LogP contribution >= 0.6 is 11.6 Å². The van der Waals surface area contributed by atoms with Crippen LogP contribution in [0.15, 0.2) is 48.5 Å². The lowest BCUT2D eigenvalue weighted by Gasteiger charge is -2.19. The summed E-state index contributed by atoms with van der Waals surface area (Å²) in [4.78, 5) is 24.7. The van der Waals surface area contributed by atoms with E-state index in [0.717, 1.165) is 5.56 Å². The highest BCUT2D eigenvalue weighted by Crippen LogP contribution is 2.19. The van der Waals surface area contributed by atoms with Gasteiger partial charge in [-0.25, -0.2) is 0 Å². The number of rotatable bonds is 6. The predicted octanol–water partition coefficient (Wildman–Crippen LogP) is 4.46. The second-order valence-electron chi connectivity index (χ2n) is 6.73. The number of carbonyl (C=O) groups is 2. The molecular weight excluding hydrogens is 348 g/mol. The minimum Gasteiger partial charge on any atom is -0.348 e. The summed E-state index contributed by atoms with van der Waals surface area (Å²) >= 11 is 6.02. The van der Waals surface area contributed by atoms with E-state index in [1.165, 1.54) is 5.56 Å². The van der Waals surface area contributed by atoms with Crippen LogP contribution in [0.25, 0.3) is 0 Å². The highest BCUT2D eigenvalue weighted by atomic mass is 35.5. The van der Waals surface area contributed by atoms with Crippen LogP contribution in [0.2, 0.25) is 5.02 Å². The third kappa shape index (κ3) is 5.09. The first-order chi connectivity index (χ1) is 12.3. The first-order valence-electron chi connectivity index (χ1n) is 8.75. The summed E-state index contributed by atoms with van der Waals surface area (Å²) in [5, 5.41) is 5.97. The molecule has 0 unspecified atom stereocenters. The Morgan fingerprint density at radius 1 is 0.846 bits per heavy atom. The van der Waals surface area contributed by atoms with Crippen LogP contribution in [0.4, 0.5) is 0 Å². The molecule has 2 aromatic rings. The summed E-state index contributed by atoms with van der Waals surface area (Å²) in [5.41, 5.74) is 2.63. The van der Waals surface area contributed by atoms with Crippen LogP contribution in [-0.2, 0) is 4.79 Å². The maximum Gasteiger partial charge on any atom is 0.253 e. The number of halogens is 1. The number of hydrogen-bond acceptors (Lipinski definition) is 2. The van der Waals surface area contributed by atoms with Gasteiger partial charge in [0, 0.05) is 0 Å². The third-order valence-electron chi connectivity index (χ3n) is 4.32. The van der Waals surface area contributed by atoms with Crippen LogP contribution in [0.1, 0.15) is 61.1 Å². The van der Waals surface area contributed by atoms with Gasteiger partial charge in [0.15, 0.2) is 0 Å². The molecule has 138 valence electrons. The number of carbonyl (C=O) groups excluding carboxylic acids is 2. The lowest BCUT2D eigenvalue weighted by atomic mass is 9.99. The minimum absolute atomic E-state index is 0.150. The average molecular weight is 373 g/mol. The molecule has 0 saturated heterocycles. The summed E-state index contributed by atoms with van der Waals surface area (Å²) in [7, 11) is 0. The van der Waals surface area contributed by atoms with Crippen molar-refractivity contribution in [1.29, 1.82) is 0 Å². The highest BCUT2D eigenvalue weighted by Gasteiger charge is 2.20. The topological polar surface area (TPSA) is 58.2 Å². The molecule has 2 rings (SSSR count). The fourth-order valence-corrected chi connectivity index (χ4v) is 2.80. The SMILES string of the molecule is CC(C)c1ccc([C@H](C)NC(=O)[C@@H](C)NC(=O)c2ccccc2Cl)cc1. The molecule has 0 radical (unpaired) electrons. The zero-order valence-corrected chi connectivity index (χ0v) is 16.3. The molecule has 26 heavy (non-hydrogen) atoms. The zero-order valence-electron chi connectivity index (χ0n) is 15.5. The second kappa shape index (κ2) is 8.86. The van der Waals surface area contributed by atoms with E-state index < -0.39 is 6.04 Å². The summed E-state index contributed by atoms with van der Waals surface area (Å²) in [5.74, 6) is -0.146.